The van der Waals surface area contributed by atoms with Gasteiger partial charge in [-0.05, 0) is 40.8 Å². The van der Waals surface area contributed by atoms with Gasteiger partial charge in [0.1, 0.15) is 6.10 Å². The van der Waals surface area contributed by atoms with Gasteiger partial charge in [0.2, 0.25) is 0 Å². The van der Waals surface area contributed by atoms with E-state index < -0.39 is 12.2 Å². The second-order valence-corrected chi connectivity index (χ2v) is 7.12. The van der Waals surface area contributed by atoms with Crippen LogP contribution in [0.3, 0.4) is 0 Å². The van der Waals surface area contributed by atoms with E-state index in [9.17, 15) is 9.90 Å². The van der Waals surface area contributed by atoms with Gasteiger partial charge in [-0.15, -0.1) is 12.4 Å². The van der Waals surface area contributed by atoms with Gasteiger partial charge < -0.3 is 20.5 Å². The molecule has 5 nitrogen and oxygen atoms in total. The molecule has 3 N–H and O–H groups in total. The van der Waals surface area contributed by atoms with E-state index in [-0.39, 0.29) is 31.0 Å². The zero-order valence-electron chi connectivity index (χ0n) is 14.5. The van der Waals surface area contributed by atoms with Crippen LogP contribution in [0.5, 0.6) is 0 Å². The monoisotopic (exact) mass is 396 g/mol. The summed E-state index contributed by atoms with van der Waals surface area (Å²) < 4.78 is 5.77. The molecule has 0 bridgehead atoms. The van der Waals surface area contributed by atoms with Crippen molar-refractivity contribution in [3.05, 3.63) is 58.3 Å². The van der Waals surface area contributed by atoms with Crippen LogP contribution < -0.4 is 5.73 Å². The maximum Gasteiger partial charge on any atom is 0.252 e. The molecule has 26 heavy (non-hydrogen) atoms. The molecular formula is C19H25ClN2O3S. The zero-order chi connectivity index (χ0) is 17.6. The van der Waals surface area contributed by atoms with E-state index in [0.717, 1.165) is 17.5 Å². The number of aliphatic hydroxyl groups excluding tert-OH is 1. The molecule has 0 saturated carbocycles. The Labute approximate surface area is 164 Å². The minimum atomic E-state index is -0.703. The van der Waals surface area contributed by atoms with Crippen LogP contribution in [0.1, 0.15) is 30.1 Å². The summed E-state index contributed by atoms with van der Waals surface area (Å²) in [6, 6.07) is 11.7. The van der Waals surface area contributed by atoms with Crippen molar-refractivity contribution < 1.29 is 14.6 Å². The van der Waals surface area contributed by atoms with Crippen LogP contribution in [0.25, 0.3) is 0 Å². The molecule has 1 unspecified atom stereocenters. The van der Waals surface area contributed by atoms with Crippen molar-refractivity contribution in [1.29, 1.82) is 0 Å². The predicted molar refractivity (Wildman–Crippen MR) is 105 cm³/mol. The van der Waals surface area contributed by atoms with Crippen LogP contribution >= 0.6 is 23.7 Å². The van der Waals surface area contributed by atoms with Crippen LogP contribution in [-0.4, -0.2) is 41.2 Å². The first-order chi connectivity index (χ1) is 12.2. The molecule has 1 aliphatic rings. The van der Waals surface area contributed by atoms with Crippen molar-refractivity contribution in [2.24, 2.45) is 5.73 Å². The third-order valence-corrected chi connectivity index (χ3v) is 5.20. The van der Waals surface area contributed by atoms with Crippen LogP contribution in [0.2, 0.25) is 0 Å². The number of rotatable bonds is 7. The second-order valence-electron chi connectivity index (χ2n) is 6.34. The molecule has 3 rings (SSSR count). The molecular weight excluding hydrogens is 372 g/mol. The normalized spacial score (nSPS) is 20.4. The number of carbonyl (C=O) groups excluding carboxylic acids is 1. The average molecular weight is 397 g/mol. The van der Waals surface area contributed by atoms with E-state index >= 15 is 0 Å². The van der Waals surface area contributed by atoms with Gasteiger partial charge in [0.15, 0.2) is 0 Å². The Balaban J connectivity index is 0.00000243. The molecule has 1 aliphatic heterocycles. The van der Waals surface area contributed by atoms with Gasteiger partial charge in [-0.1, -0.05) is 30.3 Å². The van der Waals surface area contributed by atoms with E-state index in [1.165, 1.54) is 11.3 Å². The molecule has 7 heteroatoms. The third-order valence-electron chi connectivity index (χ3n) is 4.50. The van der Waals surface area contributed by atoms with Crippen molar-refractivity contribution in [2.45, 2.75) is 37.7 Å². The molecule has 1 aromatic heterocycles. The zero-order valence-corrected chi connectivity index (χ0v) is 16.1. The Bertz CT molecular complexity index is 669. The minimum absolute atomic E-state index is 0. The van der Waals surface area contributed by atoms with Crippen molar-refractivity contribution >= 4 is 29.7 Å². The van der Waals surface area contributed by atoms with Crippen molar-refractivity contribution in [1.82, 2.24) is 4.90 Å². The Hall–Kier alpha value is -1.44. The van der Waals surface area contributed by atoms with E-state index in [1.807, 2.05) is 47.2 Å². The lowest BCUT2D eigenvalue weighted by Gasteiger charge is -2.28. The van der Waals surface area contributed by atoms with Crippen molar-refractivity contribution in [2.75, 3.05) is 13.1 Å². The highest BCUT2D eigenvalue weighted by Gasteiger charge is 2.33. The molecule has 3 atom stereocenters. The standard InChI is InChI=1S/C19H24N2O3S.ClH/c20-10-16-6-7-18(24-16)19(23)21(11-14-4-2-1-3-5-14)12-17(22)15-8-9-25-13-15;/h1-5,8-9,13,16-18,22H,6-7,10-12,20H2;1H/t16-,17?,18+;/m1./s1. The fourth-order valence-electron chi connectivity index (χ4n) is 3.08. The number of nitrogens with zero attached hydrogens (tertiary/aromatic N) is 1. The number of hydrogen-bond donors (Lipinski definition) is 2. The van der Waals surface area contributed by atoms with E-state index in [4.69, 9.17) is 10.5 Å². The first-order valence-electron chi connectivity index (χ1n) is 8.55. The second kappa shape index (κ2) is 10.0. The van der Waals surface area contributed by atoms with Crippen LogP contribution in [-0.2, 0) is 16.1 Å². The lowest BCUT2D eigenvalue weighted by molar-refractivity contribution is -0.145. The van der Waals surface area contributed by atoms with E-state index in [1.54, 1.807) is 4.90 Å². The van der Waals surface area contributed by atoms with Gasteiger partial charge in [0.25, 0.3) is 5.91 Å². The number of benzene rings is 1. The lowest BCUT2D eigenvalue weighted by Crippen LogP contribution is -2.41. The highest BCUT2D eigenvalue weighted by atomic mass is 35.5. The molecule has 2 heterocycles. The fourth-order valence-corrected chi connectivity index (χ4v) is 3.79. The van der Waals surface area contributed by atoms with Gasteiger partial charge in [-0.25, -0.2) is 0 Å². The number of amides is 1. The molecule has 2 aromatic rings. The summed E-state index contributed by atoms with van der Waals surface area (Å²) in [5.41, 5.74) is 7.52. The summed E-state index contributed by atoms with van der Waals surface area (Å²) in [5, 5.41) is 14.3. The van der Waals surface area contributed by atoms with Crippen LogP contribution in [0, 0.1) is 0 Å². The number of carbonyl (C=O) groups is 1. The third kappa shape index (κ3) is 5.28. The molecule has 142 valence electrons. The van der Waals surface area contributed by atoms with Gasteiger partial charge in [0, 0.05) is 13.1 Å². The largest absolute Gasteiger partial charge is 0.387 e. The molecule has 1 fully saturated rings. The molecule has 0 radical (unpaired) electrons. The summed E-state index contributed by atoms with van der Waals surface area (Å²) in [7, 11) is 0. The van der Waals surface area contributed by atoms with Crippen LogP contribution in [0.15, 0.2) is 47.2 Å². The van der Waals surface area contributed by atoms with E-state index in [2.05, 4.69) is 0 Å². The molecule has 1 saturated heterocycles. The number of thiophene rings is 1. The first kappa shape index (κ1) is 20.9. The summed E-state index contributed by atoms with van der Waals surface area (Å²) in [5.74, 6) is -0.0749. The summed E-state index contributed by atoms with van der Waals surface area (Å²) >= 11 is 1.53. The first-order valence-corrected chi connectivity index (χ1v) is 9.50. The highest BCUT2D eigenvalue weighted by Crippen LogP contribution is 2.24. The Morgan fingerprint density at radius 3 is 2.69 bits per heavy atom. The van der Waals surface area contributed by atoms with Gasteiger partial charge in [-0.3, -0.25) is 4.79 Å². The maximum atomic E-state index is 13.0. The quantitative estimate of drug-likeness (QED) is 0.754. The Kier molecular flexibility index (Phi) is 8.06. The number of nitrogens with two attached hydrogens (primary N) is 1. The minimum Gasteiger partial charge on any atom is -0.387 e. The lowest BCUT2D eigenvalue weighted by atomic mass is 10.1. The van der Waals surface area contributed by atoms with Crippen molar-refractivity contribution in [3.8, 4) is 0 Å². The predicted octanol–water partition coefficient (Wildman–Crippen LogP) is 2.74. The molecule has 0 aliphatic carbocycles. The number of aliphatic hydroxyl groups is 1. The smallest absolute Gasteiger partial charge is 0.252 e. The molecule has 1 amide bonds. The van der Waals surface area contributed by atoms with Gasteiger partial charge >= 0.3 is 0 Å². The summed E-state index contributed by atoms with van der Waals surface area (Å²) in [4.78, 5) is 14.7. The van der Waals surface area contributed by atoms with Crippen LogP contribution in [0.4, 0.5) is 0 Å². The summed E-state index contributed by atoms with van der Waals surface area (Å²) in [6.45, 7) is 1.13. The Morgan fingerprint density at radius 1 is 1.31 bits per heavy atom. The summed E-state index contributed by atoms with van der Waals surface area (Å²) in [6.07, 6.45) is 0.270. The number of halogens is 1. The van der Waals surface area contributed by atoms with Crippen molar-refractivity contribution in [3.63, 3.8) is 0 Å². The highest BCUT2D eigenvalue weighted by molar-refractivity contribution is 7.07. The van der Waals surface area contributed by atoms with Gasteiger partial charge in [-0.2, -0.15) is 11.3 Å². The molecule has 0 spiro atoms. The SMILES string of the molecule is Cl.NC[C@H]1CC[C@@H](C(=O)N(Cc2ccccc2)CC(O)c2ccsc2)O1. The Morgan fingerprint density at radius 2 is 2.08 bits per heavy atom. The number of ether oxygens (including phenoxy) is 1. The van der Waals surface area contributed by atoms with E-state index in [0.29, 0.717) is 19.5 Å². The topological polar surface area (TPSA) is 75.8 Å². The van der Waals surface area contributed by atoms with Gasteiger partial charge in [0.05, 0.1) is 18.8 Å². The molecule has 1 aromatic carbocycles. The number of hydrogen-bond acceptors (Lipinski definition) is 5. The maximum absolute atomic E-state index is 13.0. The fraction of sp³-hybridized carbons (Fsp3) is 0.421. The average Bonchev–Trinajstić information content (AvgIpc) is 3.33.